The Morgan fingerprint density at radius 3 is 3.06 bits per heavy atom. The second kappa shape index (κ2) is 4.82. The fraction of sp³-hybridized carbons (Fsp3) is 0.364. The lowest BCUT2D eigenvalue weighted by atomic mass is 10.3. The summed E-state index contributed by atoms with van der Waals surface area (Å²) in [5.41, 5.74) is 2.38. The molecule has 0 saturated carbocycles. The van der Waals surface area contributed by atoms with Crippen molar-refractivity contribution in [3.63, 3.8) is 0 Å². The first-order valence-electron chi connectivity index (χ1n) is 5.36. The largest absolute Gasteiger partial charge is 0.476 e. The predicted octanol–water partition coefficient (Wildman–Crippen LogP) is 1.74. The zero-order valence-electron chi connectivity index (χ0n) is 9.95. The summed E-state index contributed by atoms with van der Waals surface area (Å²) in [4.78, 5) is 15.5. The Hall–Kier alpha value is -2.11. The zero-order valence-corrected chi connectivity index (χ0v) is 9.95. The van der Waals surface area contributed by atoms with Gasteiger partial charge < -0.3 is 15.0 Å². The smallest absolute Gasteiger partial charge is 0.245 e. The number of rotatable bonds is 5. The summed E-state index contributed by atoms with van der Waals surface area (Å²) in [5, 5.41) is 2.87. The molecule has 2 aromatic rings. The van der Waals surface area contributed by atoms with Crippen molar-refractivity contribution in [2.45, 2.75) is 13.3 Å². The van der Waals surface area contributed by atoms with Crippen molar-refractivity contribution >= 4 is 17.1 Å². The number of imidazole rings is 1. The highest BCUT2D eigenvalue weighted by Crippen LogP contribution is 2.20. The molecule has 2 N–H and O–H groups in total. The molecule has 6 heteroatoms. The number of hydrogen-bond acceptors (Lipinski definition) is 5. The van der Waals surface area contributed by atoms with Crippen molar-refractivity contribution in [3.05, 3.63) is 18.5 Å². The molecule has 0 aliphatic heterocycles. The highest BCUT2D eigenvalue weighted by Gasteiger charge is 2.10. The second-order valence-electron chi connectivity index (χ2n) is 3.76. The Balaban J connectivity index is 2.24. The average Bonchev–Trinajstić information content (AvgIpc) is 2.76. The number of aromatic nitrogens is 4. The van der Waals surface area contributed by atoms with Gasteiger partial charge in [-0.05, 0) is 6.92 Å². The summed E-state index contributed by atoms with van der Waals surface area (Å²) in [6.07, 6.45) is 2.37. The van der Waals surface area contributed by atoms with Gasteiger partial charge >= 0.3 is 0 Å². The van der Waals surface area contributed by atoms with Crippen LogP contribution in [0.25, 0.3) is 11.2 Å². The van der Waals surface area contributed by atoms with Crippen LogP contribution in [-0.2, 0) is 0 Å². The molecule has 2 rings (SSSR count). The van der Waals surface area contributed by atoms with Crippen LogP contribution in [0.15, 0.2) is 18.5 Å². The Kier molecular flexibility index (Phi) is 3.22. The molecule has 90 valence electrons. The Bertz CT molecular complexity index is 534. The molecule has 2 heterocycles. The van der Waals surface area contributed by atoms with Crippen LogP contribution in [0.1, 0.15) is 13.3 Å². The number of nitrogens with zero attached hydrogens (tertiary/aromatic N) is 3. The SMILES string of the molecule is C=C(C)CCOc1nc(NC)nc2nc[nH]c12. The van der Waals surface area contributed by atoms with Gasteiger partial charge in [-0.3, -0.25) is 0 Å². The van der Waals surface area contributed by atoms with Gasteiger partial charge in [-0.25, -0.2) is 4.98 Å². The lowest BCUT2D eigenvalue weighted by Crippen LogP contribution is -2.04. The summed E-state index contributed by atoms with van der Waals surface area (Å²) in [7, 11) is 1.76. The summed E-state index contributed by atoms with van der Waals surface area (Å²) in [6, 6.07) is 0. The second-order valence-corrected chi connectivity index (χ2v) is 3.76. The number of anilines is 1. The molecular formula is C11H15N5O. The first kappa shape index (κ1) is 11.4. The summed E-state index contributed by atoms with van der Waals surface area (Å²) in [6.45, 7) is 6.34. The minimum Gasteiger partial charge on any atom is -0.476 e. The van der Waals surface area contributed by atoms with Crippen molar-refractivity contribution < 1.29 is 4.74 Å². The Labute approximate surface area is 99.1 Å². The van der Waals surface area contributed by atoms with Crippen LogP contribution >= 0.6 is 0 Å². The van der Waals surface area contributed by atoms with Gasteiger partial charge in [0.1, 0.15) is 5.52 Å². The van der Waals surface area contributed by atoms with Crippen LogP contribution in [0.2, 0.25) is 0 Å². The normalized spacial score (nSPS) is 10.5. The van der Waals surface area contributed by atoms with Gasteiger partial charge in [-0.2, -0.15) is 9.97 Å². The maximum Gasteiger partial charge on any atom is 0.245 e. The Morgan fingerprint density at radius 1 is 1.53 bits per heavy atom. The van der Waals surface area contributed by atoms with Crippen LogP contribution < -0.4 is 10.1 Å². The van der Waals surface area contributed by atoms with E-state index in [9.17, 15) is 0 Å². The van der Waals surface area contributed by atoms with E-state index in [1.165, 1.54) is 0 Å². The molecule has 2 aromatic heterocycles. The van der Waals surface area contributed by atoms with Crippen molar-refractivity contribution in [2.24, 2.45) is 0 Å². The van der Waals surface area contributed by atoms with E-state index in [-0.39, 0.29) is 0 Å². The molecule has 6 nitrogen and oxygen atoms in total. The van der Waals surface area contributed by atoms with E-state index < -0.39 is 0 Å². The third-order valence-corrected chi connectivity index (χ3v) is 2.24. The van der Waals surface area contributed by atoms with Crippen LogP contribution in [0, 0.1) is 0 Å². The molecule has 0 bridgehead atoms. The molecule has 0 spiro atoms. The third kappa shape index (κ3) is 2.52. The van der Waals surface area contributed by atoms with Gasteiger partial charge in [0.25, 0.3) is 0 Å². The molecule has 0 unspecified atom stereocenters. The molecule has 0 atom stereocenters. The van der Waals surface area contributed by atoms with E-state index >= 15 is 0 Å². The van der Waals surface area contributed by atoms with Crippen molar-refractivity contribution in [1.82, 2.24) is 19.9 Å². The summed E-state index contributed by atoms with van der Waals surface area (Å²) >= 11 is 0. The highest BCUT2D eigenvalue weighted by molar-refractivity contribution is 5.76. The lowest BCUT2D eigenvalue weighted by molar-refractivity contribution is 0.313. The van der Waals surface area contributed by atoms with Crippen LogP contribution in [-0.4, -0.2) is 33.6 Å². The minimum absolute atomic E-state index is 0.495. The van der Waals surface area contributed by atoms with Crippen molar-refractivity contribution in [1.29, 1.82) is 0 Å². The van der Waals surface area contributed by atoms with Gasteiger partial charge in [-0.15, -0.1) is 6.58 Å². The standard InChI is InChI=1S/C11H15N5O/c1-7(2)4-5-17-10-8-9(14-6-13-8)15-11(12-3)16-10/h6H,1,4-5H2,2-3H3,(H2,12,13,14,15,16). The fourth-order valence-corrected chi connectivity index (χ4v) is 1.34. The molecule has 0 amide bonds. The zero-order chi connectivity index (χ0) is 12.3. The lowest BCUT2D eigenvalue weighted by Gasteiger charge is -2.07. The van der Waals surface area contributed by atoms with Crippen LogP contribution in [0.3, 0.4) is 0 Å². The topological polar surface area (TPSA) is 75.7 Å². The predicted molar refractivity (Wildman–Crippen MR) is 66.2 cm³/mol. The fourth-order valence-electron chi connectivity index (χ4n) is 1.34. The quantitative estimate of drug-likeness (QED) is 0.769. The maximum atomic E-state index is 5.61. The van der Waals surface area contributed by atoms with E-state index in [0.29, 0.717) is 29.6 Å². The first-order valence-corrected chi connectivity index (χ1v) is 5.36. The third-order valence-electron chi connectivity index (χ3n) is 2.24. The van der Waals surface area contributed by atoms with E-state index in [0.717, 1.165) is 12.0 Å². The van der Waals surface area contributed by atoms with Crippen molar-refractivity contribution in [3.8, 4) is 5.88 Å². The van der Waals surface area contributed by atoms with E-state index in [4.69, 9.17) is 4.74 Å². The van der Waals surface area contributed by atoms with E-state index in [1.54, 1.807) is 13.4 Å². The number of fused-ring (bicyclic) bond motifs is 1. The molecule has 0 saturated heterocycles. The van der Waals surface area contributed by atoms with E-state index in [1.807, 2.05) is 6.92 Å². The number of aromatic amines is 1. The molecule has 0 fully saturated rings. The summed E-state index contributed by atoms with van der Waals surface area (Å²) < 4.78 is 5.61. The minimum atomic E-state index is 0.495. The molecule has 0 aromatic carbocycles. The average molecular weight is 233 g/mol. The van der Waals surface area contributed by atoms with Gasteiger partial charge in [0.15, 0.2) is 5.65 Å². The Morgan fingerprint density at radius 2 is 2.35 bits per heavy atom. The number of ether oxygens (including phenoxy) is 1. The van der Waals surface area contributed by atoms with Gasteiger partial charge in [0.05, 0.1) is 12.9 Å². The molecule has 17 heavy (non-hydrogen) atoms. The van der Waals surface area contributed by atoms with Crippen LogP contribution in [0.5, 0.6) is 5.88 Å². The molecular weight excluding hydrogens is 218 g/mol. The first-order chi connectivity index (χ1) is 8.20. The van der Waals surface area contributed by atoms with Crippen LogP contribution in [0.4, 0.5) is 5.95 Å². The number of H-pyrrole nitrogens is 1. The van der Waals surface area contributed by atoms with Gasteiger partial charge in [-0.1, -0.05) is 5.57 Å². The number of nitrogens with one attached hydrogen (secondary N) is 2. The maximum absolute atomic E-state index is 5.61. The van der Waals surface area contributed by atoms with Gasteiger partial charge in [0, 0.05) is 13.5 Å². The molecule has 0 aliphatic rings. The molecule has 0 radical (unpaired) electrons. The summed E-state index contributed by atoms with van der Waals surface area (Å²) in [5.74, 6) is 1.01. The monoisotopic (exact) mass is 233 g/mol. The van der Waals surface area contributed by atoms with E-state index in [2.05, 4.69) is 31.8 Å². The van der Waals surface area contributed by atoms with Gasteiger partial charge in [0.2, 0.25) is 11.8 Å². The van der Waals surface area contributed by atoms with Crippen molar-refractivity contribution in [2.75, 3.05) is 19.0 Å². The molecule has 0 aliphatic carbocycles. The number of hydrogen-bond donors (Lipinski definition) is 2. The highest BCUT2D eigenvalue weighted by atomic mass is 16.5.